The van der Waals surface area contributed by atoms with Gasteiger partial charge < -0.3 is 10.1 Å². The number of anilines is 1. The molecule has 0 radical (unpaired) electrons. The Labute approximate surface area is 119 Å². The molecule has 0 aliphatic heterocycles. The number of hydrogen-bond donors (Lipinski definition) is 3. The predicted octanol–water partition coefficient (Wildman–Crippen LogP) is 1.70. The van der Waals surface area contributed by atoms with E-state index in [1.54, 1.807) is 13.2 Å². The Balaban J connectivity index is 2.61. The van der Waals surface area contributed by atoms with Gasteiger partial charge in [-0.1, -0.05) is 0 Å². The minimum Gasteiger partial charge on any atom is -0.385 e. The van der Waals surface area contributed by atoms with Gasteiger partial charge in [0.05, 0.1) is 5.69 Å². The van der Waals surface area contributed by atoms with E-state index in [4.69, 9.17) is 10.6 Å². The quantitative estimate of drug-likeness (QED) is 0.185. The molecule has 7 heteroatoms. The summed E-state index contributed by atoms with van der Waals surface area (Å²) in [4.78, 5) is 4.23. The zero-order valence-corrected chi connectivity index (χ0v) is 12.2. The average Bonchev–Trinajstić information content (AvgIpc) is 2.35. The number of benzene rings is 1. The molecule has 1 aromatic rings. The summed E-state index contributed by atoms with van der Waals surface area (Å²) >= 11 is 2.04. The fraction of sp³-hybridized carbons (Fsp3) is 0.364. The predicted molar refractivity (Wildman–Crippen MR) is 78.9 cm³/mol. The second-order valence-electron chi connectivity index (χ2n) is 3.47. The molecule has 18 heavy (non-hydrogen) atoms. The fourth-order valence-corrected chi connectivity index (χ4v) is 1.85. The molecule has 0 amide bonds. The molecule has 0 aliphatic carbocycles. The van der Waals surface area contributed by atoms with Crippen LogP contribution in [0.25, 0.3) is 0 Å². The summed E-state index contributed by atoms with van der Waals surface area (Å²) in [5, 5.41) is 3.00. The standard InChI is InChI=1S/C11H16FIN4O/c1-18-6-2-5-15-11(17-14)16-10-4-3-8(12)7-9(10)13/h3-4,7H,2,5-6,14H2,1H3,(H2,15,16,17). The van der Waals surface area contributed by atoms with Crippen LogP contribution in [-0.4, -0.2) is 26.2 Å². The lowest BCUT2D eigenvalue weighted by atomic mass is 10.3. The first-order chi connectivity index (χ1) is 8.67. The van der Waals surface area contributed by atoms with Crippen LogP contribution in [0.3, 0.4) is 0 Å². The Bertz CT molecular complexity index is 414. The third-order valence-electron chi connectivity index (χ3n) is 2.10. The second-order valence-corrected chi connectivity index (χ2v) is 4.63. The van der Waals surface area contributed by atoms with Crippen LogP contribution in [0.2, 0.25) is 0 Å². The number of ether oxygens (including phenoxy) is 1. The van der Waals surface area contributed by atoms with E-state index < -0.39 is 0 Å². The highest BCUT2D eigenvalue weighted by molar-refractivity contribution is 14.1. The van der Waals surface area contributed by atoms with Crippen LogP contribution < -0.4 is 16.6 Å². The monoisotopic (exact) mass is 366 g/mol. The third-order valence-corrected chi connectivity index (χ3v) is 2.99. The van der Waals surface area contributed by atoms with Gasteiger partial charge >= 0.3 is 0 Å². The summed E-state index contributed by atoms with van der Waals surface area (Å²) in [6, 6.07) is 4.45. The number of guanidine groups is 1. The summed E-state index contributed by atoms with van der Waals surface area (Å²) in [7, 11) is 1.64. The van der Waals surface area contributed by atoms with Crippen LogP contribution in [0.15, 0.2) is 23.2 Å². The molecular formula is C11H16FIN4O. The van der Waals surface area contributed by atoms with Gasteiger partial charge in [0.2, 0.25) is 5.96 Å². The van der Waals surface area contributed by atoms with Crippen LogP contribution in [0, 0.1) is 9.39 Å². The smallest absolute Gasteiger partial charge is 0.210 e. The van der Waals surface area contributed by atoms with Crippen molar-refractivity contribution in [1.29, 1.82) is 0 Å². The number of nitrogens with one attached hydrogen (secondary N) is 2. The van der Waals surface area contributed by atoms with Crippen molar-refractivity contribution < 1.29 is 9.13 Å². The van der Waals surface area contributed by atoms with Gasteiger partial charge in [-0.3, -0.25) is 10.4 Å². The number of hydrazine groups is 1. The summed E-state index contributed by atoms with van der Waals surface area (Å²) in [5.74, 6) is 5.53. The van der Waals surface area contributed by atoms with Crippen LogP contribution >= 0.6 is 22.6 Å². The second kappa shape index (κ2) is 8.22. The van der Waals surface area contributed by atoms with Crippen LogP contribution in [0.4, 0.5) is 10.1 Å². The maximum Gasteiger partial charge on any atom is 0.210 e. The molecule has 0 aromatic heterocycles. The lowest BCUT2D eigenvalue weighted by Crippen LogP contribution is -2.36. The van der Waals surface area contributed by atoms with E-state index in [0.29, 0.717) is 19.1 Å². The Morgan fingerprint density at radius 2 is 2.33 bits per heavy atom. The van der Waals surface area contributed by atoms with E-state index in [-0.39, 0.29) is 5.82 Å². The molecule has 0 unspecified atom stereocenters. The minimum atomic E-state index is -0.274. The summed E-state index contributed by atoms with van der Waals surface area (Å²) in [6.45, 7) is 1.24. The maximum atomic E-state index is 12.9. The van der Waals surface area contributed by atoms with E-state index in [9.17, 15) is 4.39 Å². The van der Waals surface area contributed by atoms with E-state index in [1.807, 2.05) is 22.6 Å². The van der Waals surface area contributed by atoms with Crippen molar-refractivity contribution in [2.75, 3.05) is 25.6 Å². The number of hydrogen-bond acceptors (Lipinski definition) is 3. The number of rotatable bonds is 5. The molecule has 0 saturated carbocycles. The average molecular weight is 366 g/mol. The normalized spacial score (nSPS) is 11.4. The van der Waals surface area contributed by atoms with Gasteiger partial charge in [-0.15, -0.1) is 0 Å². The highest BCUT2D eigenvalue weighted by Gasteiger charge is 2.03. The Hall–Kier alpha value is -0.930. The minimum absolute atomic E-state index is 0.274. The fourth-order valence-electron chi connectivity index (χ4n) is 1.24. The van der Waals surface area contributed by atoms with E-state index in [2.05, 4.69) is 15.7 Å². The van der Waals surface area contributed by atoms with Crippen molar-refractivity contribution in [3.8, 4) is 0 Å². The number of halogens is 2. The summed E-state index contributed by atoms with van der Waals surface area (Å²) in [5.41, 5.74) is 3.22. The molecular weight excluding hydrogens is 350 g/mol. The number of nitrogens with two attached hydrogens (primary N) is 1. The molecule has 1 rings (SSSR count). The lowest BCUT2D eigenvalue weighted by Gasteiger charge is -2.10. The van der Waals surface area contributed by atoms with Gasteiger partial charge in [0.1, 0.15) is 5.82 Å². The molecule has 100 valence electrons. The zero-order chi connectivity index (χ0) is 13.4. The number of nitrogens with zero attached hydrogens (tertiary/aromatic N) is 1. The van der Waals surface area contributed by atoms with Crippen molar-refractivity contribution >= 4 is 34.2 Å². The van der Waals surface area contributed by atoms with Crippen LogP contribution in [-0.2, 0) is 4.74 Å². The van der Waals surface area contributed by atoms with E-state index in [1.165, 1.54) is 12.1 Å². The van der Waals surface area contributed by atoms with Gasteiger partial charge in [0.15, 0.2) is 0 Å². The third kappa shape index (κ3) is 5.15. The highest BCUT2D eigenvalue weighted by Crippen LogP contribution is 2.18. The molecule has 0 fully saturated rings. The molecule has 4 N–H and O–H groups in total. The Morgan fingerprint density at radius 3 is 2.94 bits per heavy atom. The first-order valence-electron chi connectivity index (χ1n) is 5.39. The van der Waals surface area contributed by atoms with Crippen LogP contribution in [0.1, 0.15) is 6.42 Å². The van der Waals surface area contributed by atoms with Gasteiger partial charge in [-0.25, -0.2) is 10.2 Å². The van der Waals surface area contributed by atoms with Gasteiger partial charge in [0.25, 0.3) is 0 Å². The van der Waals surface area contributed by atoms with Crippen molar-refractivity contribution in [2.24, 2.45) is 10.8 Å². The number of methoxy groups -OCH3 is 1. The van der Waals surface area contributed by atoms with Crippen molar-refractivity contribution in [1.82, 2.24) is 5.43 Å². The molecule has 0 spiro atoms. The molecule has 0 atom stereocenters. The Morgan fingerprint density at radius 1 is 1.56 bits per heavy atom. The Kier molecular flexibility index (Phi) is 6.91. The first-order valence-corrected chi connectivity index (χ1v) is 6.47. The molecule has 0 bridgehead atoms. The lowest BCUT2D eigenvalue weighted by molar-refractivity contribution is 0.197. The largest absolute Gasteiger partial charge is 0.385 e. The van der Waals surface area contributed by atoms with Crippen molar-refractivity contribution in [3.63, 3.8) is 0 Å². The topological polar surface area (TPSA) is 71.7 Å². The molecule has 1 aromatic carbocycles. The summed E-state index contributed by atoms with van der Waals surface area (Å²) in [6.07, 6.45) is 0.809. The van der Waals surface area contributed by atoms with Crippen molar-refractivity contribution in [2.45, 2.75) is 6.42 Å². The molecule has 0 saturated heterocycles. The van der Waals surface area contributed by atoms with Gasteiger partial charge in [0, 0.05) is 23.8 Å². The van der Waals surface area contributed by atoms with E-state index in [0.717, 1.165) is 15.7 Å². The molecule has 5 nitrogen and oxygen atoms in total. The summed E-state index contributed by atoms with van der Waals surface area (Å²) < 4.78 is 18.6. The van der Waals surface area contributed by atoms with E-state index >= 15 is 0 Å². The SMILES string of the molecule is COCCCN=C(NN)Nc1ccc(F)cc1I. The van der Waals surface area contributed by atoms with Gasteiger partial charge in [-0.2, -0.15) is 0 Å². The highest BCUT2D eigenvalue weighted by atomic mass is 127. The molecule has 0 aliphatic rings. The maximum absolute atomic E-state index is 12.9. The zero-order valence-electron chi connectivity index (χ0n) is 10.0. The molecule has 0 heterocycles. The van der Waals surface area contributed by atoms with Crippen molar-refractivity contribution in [3.05, 3.63) is 27.6 Å². The number of aliphatic imine (C=N–C) groups is 1. The van der Waals surface area contributed by atoms with Crippen LogP contribution in [0.5, 0.6) is 0 Å². The van der Waals surface area contributed by atoms with Gasteiger partial charge in [-0.05, 0) is 47.2 Å². The first kappa shape index (κ1) is 15.1.